The molecule has 0 aliphatic carbocycles. The third kappa shape index (κ3) is 2.69. The number of aromatic nitrogens is 9. The largest absolute Gasteiger partial charge is 0.262 e. The number of hydrogen-bond donors (Lipinski definition) is 1. The van der Waals surface area contributed by atoms with E-state index in [-0.39, 0.29) is 11.2 Å². The van der Waals surface area contributed by atoms with Gasteiger partial charge in [0.05, 0.1) is 0 Å². The number of nitrogens with one attached hydrogen (secondary N) is 1. The van der Waals surface area contributed by atoms with Crippen molar-refractivity contribution in [3.05, 3.63) is 23.8 Å². The highest BCUT2D eigenvalue weighted by molar-refractivity contribution is 7.99. The second kappa shape index (κ2) is 4.90. The van der Waals surface area contributed by atoms with Crippen LogP contribution in [-0.2, 0) is 0 Å². The van der Waals surface area contributed by atoms with Crippen molar-refractivity contribution in [2.75, 3.05) is 0 Å². The first kappa shape index (κ1) is 12.0. The van der Waals surface area contributed by atoms with Crippen LogP contribution in [0.2, 0.25) is 5.28 Å². The minimum Gasteiger partial charge on any atom is -0.262 e. The maximum atomic E-state index is 5.85. The number of H-pyrrole nitrogens is 1. The molecule has 0 atom stereocenters. The molecule has 0 aliphatic rings. The van der Waals surface area contributed by atoms with Crippen molar-refractivity contribution >= 4 is 23.4 Å². The molecule has 0 spiro atoms. The molecule has 0 fully saturated rings. The van der Waals surface area contributed by atoms with Gasteiger partial charge in [-0.2, -0.15) is 24.7 Å². The van der Waals surface area contributed by atoms with Gasteiger partial charge in [-0.25, -0.2) is 9.97 Å². The van der Waals surface area contributed by atoms with Gasteiger partial charge in [-0.05, 0) is 30.3 Å². The van der Waals surface area contributed by atoms with Crippen LogP contribution in [0.25, 0.3) is 5.95 Å². The molecular weight excluding hydrogens is 290 g/mol. The van der Waals surface area contributed by atoms with E-state index in [9.17, 15) is 0 Å². The minimum absolute atomic E-state index is 0.0651. The van der Waals surface area contributed by atoms with Gasteiger partial charge in [0.25, 0.3) is 5.95 Å². The van der Waals surface area contributed by atoms with Crippen molar-refractivity contribution in [1.82, 2.24) is 44.9 Å². The highest BCUT2D eigenvalue weighted by Crippen LogP contribution is 2.21. The van der Waals surface area contributed by atoms with Crippen LogP contribution < -0.4 is 0 Å². The molecule has 19 heavy (non-hydrogen) atoms. The molecule has 0 bridgehead atoms. The number of aromatic amines is 1. The molecule has 3 rings (SSSR count). The lowest BCUT2D eigenvalue weighted by molar-refractivity contribution is 0.756. The molecule has 0 saturated heterocycles. The Hall–Kier alpha value is -2.07. The van der Waals surface area contributed by atoms with Gasteiger partial charge < -0.3 is 0 Å². The van der Waals surface area contributed by atoms with E-state index in [2.05, 4.69) is 40.2 Å². The molecule has 0 aromatic carbocycles. The molecular formula is C8H6ClN9S. The van der Waals surface area contributed by atoms with Crippen molar-refractivity contribution in [3.8, 4) is 5.95 Å². The SMILES string of the molecule is Cc1nc(Sc2nc(Cl)nc(-n3cncn3)n2)n[nH]1. The quantitative estimate of drug-likeness (QED) is 0.751. The number of aryl methyl sites for hydroxylation is 1. The van der Waals surface area contributed by atoms with Crippen LogP contribution in [0.1, 0.15) is 5.82 Å². The molecule has 0 saturated carbocycles. The lowest BCUT2D eigenvalue weighted by Gasteiger charge is -2.01. The van der Waals surface area contributed by atoms with Crippen LogP contribution >= 0.6 is 23.4 Å². The maximum absolute atomic E-state index is 5.85. The first-order valence-electron chi connectivity index (χ1n) is 5.04. The van der Waals surface area contributed by atoms with Crippen molar-refractivity contribution in [1.29, 1.82) is 0 Å². The summed E-state index contributed by atoms with van der Waals surface area (Å²) >= 11 is 7.03. The Morgan fingerprint density at radius 1 is 1.21 bits per heavy atom. The molecule has 11 heteroatoms. The molecule has 1 N–H and O–H groups in total. The number of nitrogens with zero attached hydrogens (tertiary/aromatic N) is 8. The van der Waals surface area contributed by atoms with Crippen LogP contribution in [0.4, 0.5) is 0 Å². The van der Waals surface area contributed by atoms with Gasteiger partial charge in [-0.15, -0.1) is 5.10 Å². The molecule has 3 aromatic heterocycles. The van der Waals surface area contributed by atoms with Gasteiger partial charge >= 0.3 is 0 Å². The molecule has 9 nitrogen and oxygen atoms in total. The van der Waals surface area contributed by atoms with Crippen molar-refractivity contribution < 1.29 is 0 Å². The average Bonchev–Trinajstić information content (AvgIpc) is 3.00. The van der Waals surface area contributed by atoms with E-state index in [1.807, 2.05) is 0 Å². The summed E-state index contributed by atoms with van der Waals surface area (Å²) < 4.78 is 1.39. The standard InChI is InChI=1S/C8H6ClN9S/c1-4-12-8(17-16-4)19-7-14-5(9)13-6(15-7)18-3-10-2-11-18/h2-3H,1H3,(H,12,16,17). The van der Waals surface area contributed by atoms with Crippen molar-refractivity contribution in [3.63, 3.8) is 0 Å². The second-order valence-electron chi connectivity index (χ2n) is 3.33. The summed E-state index contributed by atoms with van der Waals surface area (Å²) in [6.07, 6.45) is 2.85. The van der Waals surface area contributed by atoms with Gasteiger partial charge in [-0.1, -0.05) is 0 Å². The number of hydrogen-bond acceptors (Lipinski definition) is 8. The molecule has 3 heterocycles. The fraction of sp³-hybridized carbons (Fsp3) is 0.125. The Morgan fingerprint density at radius 3 is 2.79 bits per heavy atom. The summed E-state index contributed by atoms with van der Waals surface area (Å²) in [5.74, 6) is 0.992. The fourth-order valence-electron chi connectivity index (χ4n) is 1.23. The van der Waals surface area contributed by atoms with Crippen LogP contribution in [-0.4, -0.2) is 44.9 Å². The third-order valence-corrected chi connectivity index (χ3v) is 2.86. The average molecular weight is 296 g/mol. The topological polar surface area (TPSA) is 111 Å². The Morgan fingerprint density at radius 2 is 2.11 bits per heavy atom. The van der Waals surface area contributed by atoms with E-state index in [1.165, 1.54) is 29.1 Å². The maximum Gasteiger partial charge on any atom is 0.257 e. The summed E-state index contributed by atoms with van der Waals surface area (Å²) in [5.41, 5.74) is 0. The van der Waals surface area contributed by atoms with Gasteiger partial charge in [0.15, 0.2) is 0 Å². The molecule has 0 unspecified atom stereocenters. The monoisotopic (exact) mass is 295 g/mol. The predicted molar refractivity (Wildman–Crippen MR) is 65.0 cm³/mol. The van der Waals surface area contributed by atoms with E-state index in [0.717, 1.165) is 0 Å². The van der Waals surface area contributed by atoms with E-state index < -0.39 is 0 Å². The summed E-state index contributed by atoms with van der Waals surface area (Å²) in [6, 6.07) is 0. The summed E-state index contributed by atoms with van der Waals surface area (Å²) in [4.78, 5) is 20.1. The van der Waals surface area contributed by atoms with Crippen molar-refractivity contribution in [2.45, 2.75) is 17.2 Å². The smallest absolute Gasteiger partial charge is 0.257 e. The van der Waals surface area contributed by atoms with Crippen molar-refractivity contribution in [2.24, 2.45) is 0 Å². The lowest BCUT2D eigenvalue weighted by atomic mass is 10.8. The number of rotatable bonds is 3. The highest BCUT2D eigenvalue weighted by atomic mass is 35.5. The highest BCUT2D eigenvalue weighted by Gasteiger charge is 2.11. The first-order valence-corrected chi connectivity index (χ1v) is 6.23. The lowest BCUT2D eigenvalue weighted by Crippen LogP contribution is -2.04. The number of halogens is 1. The Kier molecular flexibility index (Phi) is 3.09. The van der Waals surface area contributed by atoms with Crippen LogP contribution in [0.15, 0.2) is 23.0 Å². The first-order chi connectivity index (χ1) is 9.20. The van der Waals surface area contributed by atoms with Crippen LogP contribution in [0.3, 0.4) is 0 Å². The van der Waals surface area contributed by atoms with Gasteiger partial charge in [-0.3, -0.25) is 5.10 Å². The fourth-order valence-corrected chi connectivity index (χ4v) is 2.13. The summed E-state index contributed by atoms with van der Waals surface area (Å²) in [7, 11) is 0. The van der Waals surface area contributed by atoms with Crippen LogP contribution in [0.5, 0.6) is 0 Å². The molecule has 0 amide bonds. The normalized spacial score (nSPS) is 10.8. The summed E-state index contributed by atoms with van der Waals surface area (Å²) in [6.45, 7) is 1.80. The Balaban J connectivity index is 1.94. The molecule has 3 aromatic rings. The molecule has 0 radical (unpaired) electrons. The van der Waals surface area contributed by atoms with E-state index in [1.54, 1.807) is 6.92 Å². The van der Waals surface area contributed by atoms with E-state index >= 15 is 0 Å². The predicted octanol–water partition coefficient (Wildman–Crippen LogP) is 0.683. The zero-order chi connectivity index (χ0) is 13.2. The minimum atomic E-state index is 0.0651. The molecule has 96 valence electrons. The molecule has 0 aliphatic heterocycles. The van der Waals surface area contributed by atoms with Gasteiger partial charge in [0.2, 0.25) is 15.6 Å². The van der Waals surface area contributed by atoms with Gasteiger partial charge in [0, 0.05) is 0 Å². The Labute approximate surface area is 115 Å². The van der Waals surface area contributed by atoms with E-state index in [4.69, 9.17) is 11.6 Å². The summed E-state index contributed by atoms with van der Waals surface area (Å²) in [5, 5.41) is 11.6. The van der Waals surface area contributed by atoms with Crippen LogP contribution in [0, 0.1) is 6.92 Å². The third-order valence-electron chi connectivity index (χ3n) is 1.96. The Bertz CT molecular complexity index is 694. The zero-order valence-electron chi connectivity index (χ0n) is 9.52. The van der Waals surface area contributed by atoms with Gasteiger partial charge in [0.1, 0.15) is 18.5 Å². The zero-order valence-corrected chi connectivity index (χ0v) is 11.1. The van der Waals surface area contributed by atoms with E-state index in [0.29, 0.717) is 16.1 Å². The second-order valence-corrected chi connectivity index (χ2v) is 4.61.